The summed E-state index contributed by atoms with van der Waals surface area (Å²) in [5.41, 5.74) is 1.28. The second kappa shape index (κ2) is 5.91. The predicted molar refractivity (Wildman–Crippen MR) is 94.2 cm³/mol. The third kappa shape index (κ3) is 2.91. The van der Waals surface area contributed by atoms with Gasteiger partial charge in [0.15, 0.2) is 5.78 Å². The van der Waals surface area contributed by atoms with Crippen LogP contribution in [0.15, 0.2) is 63.5 Å². The molecule has 3 aromatic carbocycles. The number of benzene rings is 3. The van der Waals surface area contributed by atoms with Crippen LogP contribution in [0.2, 0.25) is 5.02 Å². The van der Waals surface area contributed by atoms with E-state index >= 15 is 0 Å². The van der Waals surface area contributed by atoms with Crippen LogP contribution in [0, 0.1) is 0 Å². The van der Waals surface area contributed by atoms with E-state index in [-0.39, 0.29) is 5.78 Å². The first-order valence-corrected chi connectivity index (χ1v) is 8.21. The molecule has 0 heterocycles. The number of hydrogen-bond acceptors (Lipinski definition) is 1. The molecule has 0 atom stereocenters. The van der Waals surface area contributed by atoms with Crippen molar-refractivity contribution in [1.29, 1.82) is 0 Å². The van der Waals surface area contributed by atoms with Crippen molar-refractivity contribution in [2.75, 3.05) is 0 Å². The Morgan fingerprint density at radius 3 is 2.14 bits per heavy atom. The summed E-state index contributed by atoms with van der Waals surface area (Å²) >= 11 is 13.0. The number of ketones is 1. The molecule has 0 bridgehead atoms. The van der Waals surface area contributed by atoms with E-state index in [1.54, 1.807) is 12.1 Å². The standard InChI is InChI=1S/C17H9Br2ClO/c18-11-7-10(8-12(19)9-11)17(21)15-5-6-16(20)14-4-2-1-3-13(14)15/h1-9H. The van der Waals surface area contributed by atoms with Crippen LogP contribution in [0.1, 0.15) is 15.9 Å². The van der Waals surface area contributed by atoms with Crippen molar-refractivity contribution in [2.45, 2.75) is 0 Å². The number of halogens is 3. The molecule has 3 rings (SSSR count). The molecule has 0 aliphatic rings. The lowest BCUT2D eigenvalue weighted by Gasteiger charge is -2.08. The Labute approximate surface area is 144 Å². The van der Waals surface area contributed by atoms with Crippen LogP contribution in [0.5, 0.6) is 0 Å². The molecule has 0 N–H and O–H groups in total. The zero-order valence-corrected chi connectivity index (χ0v) is 14.7. The molecule has 0 amide bonds. The summed E-state index contributed by atoms with van der Waals surface area (Å²) in [6, 6.07) is 16.7. The Bertz CT molecular complexity index is 838. The maximum absolute atomic E-state index is 12.8. The van der Waals surface area contributed by atoms with Crippen LogP contribution in [0.4, 0.5) is 0 Å². The van der Waals surface area contributed by atoms with E-state index in [1.165, 1.54) is 0 Å². The predicted octanol–water partition coefficient (Wildman–Crippen LogP) is 6.25. The summed E-state index contributed by atoms with van der Waals surface area (Å²) in [7, 11) is 0. The largest absolute Gasteiger partial charge is 0.289 e. The summed E-state index contributed by atoms with van der Waals surface area (Å²) in [5.74, 6) is -0.0233. The van der Waals surface area contributed by atoms with E-state index < -0.39 is 0 Å². The monoisotopic (exact) mass is 422 g/mol. The van der Waals surface area contributed by atoms with Crippen LogP contribution >= 0.6 is 43.5 Å². The fourth-order valence-electron chi connectivity index (χ4n) is 2.30. The van der Waals surface area contributed by atoms with Gasteiger partial charge in [-0.25, -0.2) is 0 Å². The average molecular weight is 425 g/mol. The molecule has 104 valence electrons. The van der Waals surface area contributed by atoms with Crippen molar-refractivity contribution < 1.29 is 4.79 Å². The minimum atomic E-state index is -0.0233. The smallest absolute Gasteiger partial charge is 0.193 e. The van der Waals surface area contributed by atoms with E-state index in [9.17, 15) is 4.79 Å². The summed E-state index contributed by atoms with van der Waals surface area (Å²) in [5, 5.41) is 2.41. The van der Waals surface area contributed by atoms with Gasteiger partial charge in [0, 0.05) is 30.5 Å². The molecule has 0 fully saturated rings. The highest BCUT2D eigenvalue weighted by atomic mass is 79.9. The fourth-order valence-corrected chi connectivity index (χ4v) is 3.82. The fraction of sp³-hybridized carbons (Fsp3) is 0. The van der Waals surface area contributed by atoms with Gasteiger partial charge in [-0.15, -0.1) is 0 Å². The van der Waals surface area contributed by atoms with Crippen molar-refractivity contribution in [1.82, 2.24) is 0 Å². The zero-order valence-electron chi connectivity index (χ0n) is 10.7. The summed E-state index contributed by atoms with van der Waals surface area (Å²) in [4.78, 5) is 12.8. The number of rotatable bonds is 2. The number of carbonyl (C=O) groups is 1. The Hall–Kier alpha value is -1.16. The van der Waals surface area contributed by atoms with E-state index in [0.29, 0.717) is 16.1 Å². The van der Waals surface area contributed by atoms with Gasteiger partial charge in [0.1, 0.15) is 0 Å². The van der Waals surface area contributed by atoms with E-state index in [0.717, 1.165) is 19.7 Å². The molecular weight excluding hydrogens is 415 g/mol. The molecule has 0 aliphatic carbocycles. The molecule has 0 aliphatic heterocycles. The molecule has 0 unspecified atom stereocenters. The first kappa shape index (κ1) is 14.8. The van der Waals surface area contributed by atoms with Crippen molar-refractivity contribution in [2.24, 2.45) is 0 Å². The SMILES string of the molecule is O=C(c1cc(Br)cc(Br)c1)c1ccc(Cl)c2ccccc12. The molecular formula is C17H9Br2ClO. The Morgan fingerprint density at radius 2 is 1.48 bits per heavy atom. The van der Waals surface area contributed by atoms with E-state index in [1.807, 2.05) is 42.5 Å². The van der Waals surface area contributed by atoms with Gasteiger partial charge < -0.3 is 0 Å². The molecule has 0 spiro atoms. The quantitative estimate of drug-likeness (QED) is 0.445. The molecule has 0 aromatic heterocycles. The second-order valence-electron chi connectivity index (χ2n) is 4.63. The third-order valence-corrected chi connectivity index (χ3v) is 4.49. The molecule has 21 heavy (non-hydrogen) atoms. The third-order valence-electron chi connectivity index (χ3n) is 3.24. The van der Waals surface area contributed by atoms with Gasteiger partial charge in [0.2, 0.25) is 0 Å². The second-order valence-corrected chi connectivity index (χ2v) is 6.87. The topological polar surface area (TPSA) is 17.1 Å². The van der Waals surface area contributed by atoms with Gasteiger partial charge in [0.05, 0.1) is 0 Å². The Morgan fingerprint density at radius 1 is 0.857 bits per heavy atom. The van der Waals surface area contributed by atoms with Crippen molar-refractivity contribution in [3.63, 3.8) is 0 Å². The highest BCUT2D eigenvalue weighted by molar-refractivity contribution is 9.11. The van der Waals surface area contributed by atoms with Gasteiger partial charge in [0.25, 0.3) is 0 Å². The average Bonchev–Trinajstić information content (AvgIpc) is 2.46. The highest BCUT2D eigenvalue weighted by Gasteiger charge is 2.14. The first-order valence-electron chi connectivity index (χ1n) is 6.24. The van der Waals surface area contributed by atoms with Crippen LogP contribution < -0.4 is 0 Å². The van der Waals surface area contributed by atoms with Crippen LogP contribution in [0.25, 0.3) is 10.8 Å². The summed E-state index contributed by atoms with van der Waals surface area (Å²) < 4.78 is 1.72. The lowest BCUT2D eigenvalue weighted by atomic mass is 9.97. The minimum Gasteiger partial charge on any atom is -0.289 e. The minimum absolute atomic E-state index is 0.0233. The van der Waals surface area contributed by atoms with Gasteiger partial charge in [-0.1, -0.05) is 67.7 Å². The Balaban J connectivity index is 2.20. The number of carbonyl (C=O) groups excluding carboxylic acids is 1. The lowest BCUT2D eigenvalue weighted by Crippen LogP contribution is -2.02. The lowest BCUT2D eigenvalue weighted by molar-refractivity contribution is 0.104. The van der Waals surface area contributed by atoms with Crippen molar-refractivity contribution in [3.8, 4) is 0 Å². The molecule has 3 aromatic rings. The van der Waals surface area contributed by atoms with Gasteiger partial charge >= 0.3 is 0 Å². The van der Waals surface area contributed by atoms with Gasteiger partial charge in [-0.05, 0) is 35.7 Å². The maximum Gasteiger partial charge on any atom is 0.193 e. The van der Waals surface area contributed by atoms with Crippen LogP contribution in [-0.2, 0) is 0 Å². The van der Waals surface area contributed by atoms with Crippen molar-refractivity contribution >= 4 is 60.0 Å². The molecule has 1 nitrogen and oxygen atoms in total. The van der Waals surface area contributed by atoms with Crippen LogP contribution in [0.3, 0.4) is 0 Å². The van der Waals surface area contributed by atoms with Gasteiger partial charge in [-0.2, -0.15) is 0 Å². The first-order chi connectivity index (χ1) is 10.1. The maximum atomic E-state index is 12.8. The van der Waals surface area contributed by atoms with Crippen LogP contribution in [-0.4, -0.2) is 5.78 Å². The van der Waals surface area contributed by atoms with E-state index in [2.05, 4.69) is 31.9 Å². The molecule has 4 heteroatoms. The van der Waals surface area contributed by atoms with E-state index in [4.69, 9.17) is 11.6 Å². The van der Waals surface area contributed by atoms with Crippen molar-refractivity contribution in [3.05, 3.63) is 79.7 Å². The highest BCUT2D eigenvalue weighted by Crippen LogP contribution is 2.29. The normalized spacial score (nSPS) is 10.8. The molecule has 0 saturated carbocycles. The number of hydrogen-bond donors (Lipinski definition) is 0. The number of fused-ring (bicyclic) bond motifs is 1. The molecule has 0 saturated heterocycles. The zero-order chi connectivity index (χ0) is 15.0. The Kier molecular flexibility index (Phi) is 4.16. The molecule has 0 radical (unpaired) electrons. The summed E-state index contributed by atoms with van der Waals surface area (Å²) in [6.07, 6.45) is 0. The van der Waals surface area contributed by atoms with Gasteiger partial charge in [-0.3, -0.25) is 4.79 Å². The summed E-state index contributed by atoms with van der Waals surface area (Å²) in [6.45, 7) is 0.